The van der Waals surface area contributed by atoms with Gasteiger partial charge in [-0.05, 0) is 33.8 Å². The summed E-state index contributed by atoms with van der Waals surface area (Å²) in [6.45, 7) is 8.63. The van der Waals surface area contributed by atoms with Gasteiger partial charge in [-0.3, -0.25) is 9.59 Å². The molecule has 0 unspecified atom stereocenters. The third-order valence-electron chi connectivity index (χ3n) is 3.38. The van der Waals surface area contributed by atoms with Crippen molar-refractivity contribution in [3.05, 3.63) is 45.1 Å². The van der Waals surface area contributed by atoms with Gasteiger partial charge < -0.3 is 9.55 Å². The van der Waals surface area contributed by atoms with E-state index in [0.717, 1.165) is 23.5 Å². The van der Waals surface area contributed by atoms with E-state index < -0.39 is 0 Å². The van der Waals surface area contributed by atoms with Gasteiger partial charge in [0.1, 0.15) is 0 Å². The molecule has 1 N–H and O–H groups in total. The van der Waals surface area contributed by atoms with Gasteiger partial charge in [-0.1, -0.05) is 11.8 Å². The maximum atomic E-state index is 12.3. The first kappa shape index (κ1) is 15.6. The molecule has 6 heteroatoms. The summed E-state index contributed by atoms with van der Waals surface area (Å²) >= 11 is 1.26. The summed E-state index contributed by atoms with van der Waals surface area (Å²) in [6, 6.07) is 3.36. The molecule has 0 amide bonds. The summed E-state index contributed by atoms with van der Waals surface area (Å²) < 4.78 is 2.12. The minimum Gasteiger partial charge on any atom is -0.349 e. The molecule has 2 rings (SSSR count). The molecule has 5 nitrogen and oxygen atoms in total. The van der Waals surface area contributed by atoms with E-state index in [2.05, 4.69) is 21.5 Å². The van der Waals surface area contributed by atoms with Crippen LogP contribution in [0.1, 0.15) is 34.4 Å². The van der Waals surface area contributed by atoms with Crippen LogP contribution < -0.4 is 5.56 Å². The lowest BCUT2D eigenvalue weighted by Crippen LogP contribution is -2.10. The van der Waals surface area contributed by atoms with Crippen LogP contribution in [-0.2, 0) is 6.54 Å². The molecule has 0 radical (unpaired) electrons. The zero-order valence-electron chi connectivity index (χ0n) is 12.7. The van der Waals surface area contributed by atoms with Gasteiger partial charge in [-0.15, -0.1) is 0 Å². The molecule has 0 spiro atoms. The monoisotopic (exact) mass is 305 g/mol. The van der Waals surface area contributed by atoms with Crippen LogP contribution in [0.5, 0.6) is 0 Å². The van der Waals surface area contributed by atoms with E-state index in [1.807, 2.05) is 19.9 Å². The van der Waals surface area contributed by atoms with Crippen LogP contribution in [0.15, 0.2) is 22.1 Å². The molecule has 21 heavy (non-hydrogen) atoms. The first-order valence-electron chi connectivity index (χ1n) is 6.83. The molecular weight excluding hydrogens is 286 g/mol. The fourth-order valence-electron chi connectivity index (χ4n) is 2.40. The summed E-state index contributed by atoms with van der Waals surface area (Å²) in [5.41, 5.74) is 3.29. The SMILES string of the molecule is CCn1c(C)cc(C(=O)CSc2nc(C)cc(=O)[nH]2)c1C. The second-order valence-electron chi connectivity index (χ2n) is 4.93. The number of aryl methyl sites for hydroxylation is 2. The van der Waals surface area contributed by atoms with E-state index in [0.29, 0.717) is 10.9 Å². The van der Waals surface area contributed by atoms with E-state index in [1.54, 1.807) is 6.92 Å². The van der Waals surface area contributed by atoms with Crippen LogP contribution in [-0.4, -0.2) is 26.1 Å². The summed E-state index contributed by atoms with van der Waals surface area (Å²) in [4.78, 5) is 30.6. The number of H-pyrrole nitrogens is 1. The molecule has 2 aromatic rings. The molecule has 0 saturated carbocycles. The van der Waals surface area contributed by atoms with Crippen molar-refractivity contribution in [3.8, 4) is 0 Å². The molecule has 112 valence electrons. The van der Waals surface area contributed by atoms with Gasteiger partial charge in [0.05, 0.1) is 5.75 Å². The van der Waals surface area contributed by atoms with Crippen molar-refractivity contribution in [2.75, 3.05) is 5.75 Å². The predicted molar refractivity (Wildman–Crippen MR) is 84.2 cm³/mol. The van der Waals surface area contributed by atoms with Crippen LogP contribution in [0, 0.1) is 20.8 Å². The Hall–Kier alpha value is -1.82. The molecule has 0 aromatic carbocycles. The maximum absolute atomic E-state index is 12.3. The minimum atomic E-state index is -0.193. The zero-order valence-corrected chi connectivity index (χ0v) is 13.5. The second kappa shape index (κ2) is 6.30. The molecule has 0 aliphatic carbocycles. The molecule has 0 fully saturated rings. The van der Waals surface area contributed by atoms with E-state index >= 15 is 0 Å². The van der Waals surface area contributed by atoms with Crippen molar-refractivity contribution in [2.24, 2.45) is 0 Å². The van der Waals surface area contributed by atoms with Gasteiger partial charge in [0.25, 0.3) is 5.56 Å². The first-order chi connectivity index (χ1) is 9.92. The van der Waals surface area contributed by atoms with Crippen molar-refractivity contribution < 1.29 is 4.79 Å². The number of nitrogens with zero attached hydrogens (tertiary/aromatic N) is 2. The number of aromatic nitrogens is 3. The van der Waals surface area contributed by atoms with Crippen molar-refractivity contribution in [2.45, 2.75) is 39.4 Å². The highest BCUT2D eigenvalue weighted by Crippen LogP contribution is 2.19. The number of carbonyl (C=O) groups excluding carboxylic acids is 1. The van der Waals surface area contributed by atoms with Crippen molar-refractivity contribution in [1.29, 1.82) is 0 Å². The Labute approximate surface area is 127 Å². The quantitative estimate of drug-likeness (QED) is 0.523. The van der Waals surface area contributed by atoms with Gasteiger partial charge in [-0.25, -0.2) is 4.98 Å². The van der Waals surface area contributed by atoms with Crippen LogP contribution in [0.2, 0.25) is 0 Å². The highest BCUT2D eigenvalue weighted by molar-refractivity contribution is 7.99. The molecular formula is C15H19N3O2S. The fourth-order valence-corrected chi connectivity index (χ4v) is 3.21. The second-order valence-corrected chi connectivity index (χ2v) is 5.90. The standard InChI is InChI=1S/C15H19N3O2S/c1-5-18-10(3)7-12(11(18)4)13(19)8-21-15-16-9(2)6-14(20)17-15/h6-7H,5,8H2,1-4H3,(H,16,17,20). The Morgan fingerprint density at radius 1 is 1.33 bits per heavy atom. The highest BCUT2D eigenvalue weighted by Gasteiger charge is 2.15. The smallest absolute Gasteiger partial charge is 0.251 e. The van der Waals surface area contributed by atoms with Crippen molar-refractivity contribution >= 4 is 17.5 Å². The number of Topliss-reactive ketones (excluding diaryl/α,β-unsaturated/α-hetero) is 1. The van der Waals surface area contributed by atoms with Gasteiger partial charge >= 0.3 is 0 Å². The topological polar surface area (TPSA) is 67.8 Å². The highest BCUT2D eigenvalue weighted by atomic mass is 32.2. The summed E-state index contributed by atoms with van der Waals surface area (Å²) in [5.74, 6) is 0.317. The van der Waals surface area contributed by atoms with Gasteiger partial charge in [0.2, 0.25) is 0 Å². The Morgan fingerprint density at radius 2 is 2.05 bits per heavy atom. The number of carbonyl (C=O) groups is 1. The van der Waals surface area contributed by atoms with Crippen LogP contribution in [0.25, 0.3) is 0 Å². The predicted octanol–water partition coefficient (Wildman–Crippen LogP) is 2.49. The number of rotatable bonds is 5. The summed E-state index contributed by atoms with van der Waals surface area (Å²) in [5, 5.41) is 0.484. The lowest BCUT2D eigenvalue weighted by molar-refractivity contribution is 0.102. The minimum absolute atomic E-state index is 0.0527. The van der Waals surface area contributed by atoms with E-state index in [9.17, 15) is 9.59 Å². The Balaban J connectivity index is 2.13. The molecule has 0 aliphatic rings. The van der Waals surface area contributed by atoms with Crippen LogP contribution in [0.4, 0.5) is 0 Å². The molecule has 0 atom stereocenters. The number of hydrogen-bond donors (Lipinski definition) is 1. The molecule has 0 saturated heterocycles. The first-order valence-corrected chi connectivity index (χ1v) is 7.81. The van der Waals surface area contributed by atoms with E-state index in [1.165, 1.54) is 17.8 Å². The lowest BCUT2D eigenvalue weighted by atomic mass is 10.2. The Bertz CT molecular complexity index is 731. The molecule has 2 aromatic heterocycles. The van der Waals surface area contributed by atoms with E-state index in [-0.39, 0.29) is 17.1 Å². The molecule has 0 bridgehead atoms. The number of nitrogens with one attached hydrogen (secondary N) is 1. The van der Waals surface area contributed by atoms with Crippen LogP contribution in [0.3, 0.4) is 0 Å². The van der Waals surface area contributed by atoms with Crippen molar-refractivity contribution in [3.63, 3.8) is 0 Å². The average molecular weight is 305 g/mol. The lowest BCUT2D eigenvalue weighted by Gasteiger charge is -2.05. The van der Waals surface area contributed by atoms with Crippen molar-refractivity contribution in [1.82, 2.24) is 14.5 Å². The zero-order chi connectivity index (χ0) is 15.6. The number of aromatic amines is 1. The third kappa shape index (κ3) is 3.44. The average Bonchev–Trinajstić information content (AvgIpc) is 2.70. The van der Waals surface area contributed by atoms with Gasteiger partial charge in [0, 0.05) is 35.3 Å². The summed E-state index contributed by atoms with van der Waals surface area (Å²) in [7, 11) is 0. The van der Waals surface area contributed by atoms with Gasteiger partial charge in [-0.2, -0.15) is 0 Å². The fraction of sp³-hybridized carbons (Fsp3) is 0.400. The third-order valence-corrected chi connectivity index (χ3v) is 4.25. The summed E-state index contributed by atoms with van der Waals surface area (Å²) in [6.07, 6.45) is 0. The number of thioether (sulfide) groups is 1. The maximum Gasteiger partial charge on any atom is 0.251 e. The Kier molecular flexibility index (Phi) is 4.67. The molecule has 0 aliphatic heterocycles. The van der Waals surface area contributed by atoms with E-state index in [4.69, 9.17) is 0 Å². The van der Waals surface area contributed by atoms with Gasteiger partial charge in [0.15, 0.2) is 10.9 Å². The van der Waals surface area contributed by atoms with Crippen LogP contribution >= 0.6 is 11.8 Å². The normalized spacial score (nSPS) is 10.9. The number of ketones is 1. The largest absolute Gasteiger partial charge is 0.349 e. The molecule has 2 heterocycles. The number of hydrogen-bond acceptors (Lipinski definition) is 4. The Morgan fingerprint density at radius 3 is 2.62 bits per heavy atom.